The van der Waals surface area contributed by atoms with Crippen molar-refractivity contribution in [2.75, 3.05) is 6.54 Å². The van der Waals surface area contributed by atoms with Crippen LogP contribution in [0.2, 0.25) is 0 Å². The van der Waals surface area contributed by atoms with E-state index in [-0.39, 0.29) is 5.54 Å². The minimum Gasteiger partial charge on any atom is -0.337 e. The number of hydrogen-bond donors (Lipinski definition) is 1. The number of thioether (sulfide) groups is 1. The average Bonchev–Trinajstić information content (AvgIpc) is 3.16. The van der Waals surface area contributed by atoms with Crippen molar-refractivity contribution in [3.8, 4) is 0 Å². The van der Waals surface area contributed by atoms with Gasteiger partial charge in [-0.25, -0.2) is 0 Å². The standard InChI is InChI=1S/C16H21N3OS/c1-3-16(9-4-10-17-16)15-18-14(19-20-15)11-21-13-7-5-12(2)6-8-13/h5-8,17H,3-4,9-11H2,1-2H3. The van der Waals surface area contributed by atoms with E-state index in [4.69, 9.17) is 4.52 Å². The van der Waals surface area contributed by atoms with E-state index in [1.54, 1.807) is 11.8 Å². The van der Waals surface area contributed by atoms with Crippen LogP contribution in [-0.2, 0) is 11.3 Å². The van der Waals surface area contributed by atoms with Gasteiger partial charge < -0.3 is 9.84 Å². The number of aromatic nitrogens is 2. The normalized spacial score (nSPS) is 21.8. The second-order valence-corrected chi connectivity index (χ2v) is 6.63. The number of nitrogens with one attached hydrogen (secondary N) is 1. The summed E-state index contributed by atoms with van der Waals surface area (Å²) in [6.45, 7) is 5.30. The molecule has 0 spiro atoms. The predicted octanol–water partition coefficient (Wildman–Crippen LogP) is 3.66. The molecule has 1 aliphatic heterocycles. The largest absolute Gasteiger partial charge is 0.337 e. The molecule has 3 rings (SSSR count). The first kappa shape index (κ1) is 14.6. The fourth-order valence-electron chi connectivity index (χ4n) is 2.73. The highest BCUT2D eigenvalue weighted by Crippen LogP contribution is 2.33. The average molecular weight is 303 g/mol. The van der Waals surface area contributed by atoms with Gasteiger partial charge in [0.05, 0.1) is 11.3 Å². The van der Waals surface area contributed by atoms with E-state index in [1.807, 2.05) is 0 Å². The molecule has 1 atom stereocenters. The summed E-state index contributed by atoms with van der Waals surface area (Å²) >= 11 is 1.74. The topological polar surface area (TPSA) is 51.0 Å². The predicted molar refractivity (Wildman–Crippen MR) is 84.2 cm³/mol. The van der Waals surface area contributed by atoms with Crippen molar-refractivity contribution in [1.82, 2.24) is 15.5 Å². The van der Waals surface area contributed by atoms with Gasteiger partial charge in [0.1, 0.15) is 0 Å². The fourth-order valence-corrected chi connectivity index (χ4v) is 3.47. The molecule has 1 aromatic carbocycles. The third-order valence-electron chi connectivity index (χ3n) is 4.11. The highest BCUT2D eigenvalue weighted by Gasteiger charge is 2.38. The summed E-state index contributed by atoms with van der Waals surface area (Å²) in [5.74, 6) is 2.27. The first-order chi connectivity index (χ1) is 10.2. The van der Waals surface area contributed by atoms with Gasteiger partial charge in [-0.05, 0) is 44.9 Å². The van der Waals surface area contributed by atoms with Gasteiger partial charge in [0.25, 0.3) is 0 Å². The zero-order chi connectivity index (χ0) is 14.7. The number of aryl methyl sites for hydroxylation is 1. The highest BCUT2D eigenvalue weighted by molar-refractivity contribution is 7.98. The van der Waals surface area contributed by atoms with Crippen LogP contribution in [-0.4, -0.2) is 16.7 Å². The molecule has 21 heavy (non-hydrogen) atoms. The Labute approximate surface area is 129 Å². The highest BCUT2D eigenvalue weighted by atomic mass is 32.2. The Kier molecular flexibility index (Phi) is 4.31. The van der Waals surface area contributed by atoms with Crippen molar-refractivity contribution in [2.24, 2.45) is 0 Å². The van der Waals surface area contributed by atoms with Gasteiger partial charge in [-0.2, -0.15) is 4.98 Å². The summed E-state index contributed by atoms with van der Waals surface area (Å²) in [5.41, 5.74) is 1.18. The van der Waals surface area contributed by atoms with E-state index in [0.717, 1.165) is 36.9 Å². The molecule has 0 amide bonds. The zero-order valence-electron chi connectivity index (χ0n) is 12.6. The van der Waals surface area contributed by atoms with Crippen LogP contribution >= 0.6 is 11.8 Å². The zero-order valence-corrected chi connectivity index (χ0v) is 13.4. The Morgan fingerprint density at radius 3 is 2.81 bits per heavy atom. The maximum atomic E-state index is 5.51. The van der Waals surface area contributed by atoms with Gasteiger partial charge in [-0.1, -0.05) is 29.8 Å². The monoisotopic (exact) mass is 303 g/mol. The molecule has 1 aromatic heterocycles. The summed E-state index contributed by atoms with van der Waals surface area (Å²) in [5, 5.41) is 7.67. The lowest BCUT2D eigenvalue weighted by atomic mass is 9.94. The lowest BCUT2D eigenvalue weighted by Crippen LogP contribution is -2.36. The molecule has 0 saturated carbocycles. The van der Waals surface area contributed by atoms with Crippen molar-refractivity contribution in [1.29, 1.82) is 0 Å². The van der Waals surface area contributed by atoms with Crippen LogP contribution in [0.5, 0.6) is 0 Å². The summed E-state index contributed by atoms with van der Waals surface area (Å²) in [4.78, 5) is 5.84. The Morgan fingerprint density at radius 1 is 1.33 bits per heavy atom. The number of benzene rings is 1. The van der Waals surface area contributed by atoms with E-state index in [0.29, 0.717) is 0 Å². The Balaban J connectivity index is 1.66. The maximum Gasteiger partial charge on any atom is 0.246 e. The molecular weight excluding hydrogens is 282 g/mol. The molecular formula is C16H21N3OS. The second-order valence-electron chi connectivity index (χ2n) is 5.58. The van der Waals surface area contributed by atoms with Gasteiger partial charge in [0, 0.05) is 4.90 Å². The van der Waals surface area contributed by atoms with Crippen LogP contribution in [0.3, 0.4) is 0 Å². The van der Waals surface area contributed by atoms with Gasteiger partial charge in [-0.15, -0.1) is 11.8 Å². The quantitative estimate of drug-likeness (QED) is 0.854. The number of nitrogens with zero attached hydrogens (tertiary/aromatic N) is 2. The van der Waals surface area contributed by atoms with Gasteiger partial charge in [-0.3, -0.25) is 0 Å². The molecule has 2 aromatic rings. The lowest BCUT2D eigenvalue weighted by molar-refractivity contribution is 0.249. The molecule has 0 bridgehead atoms. The molecule has 2 heterocycles. The van der Waals surface area contributed by atoms with Crippen molar-refractivity contribution < 1.29 is 4.52 Å². The summed E-state index contributed by atoms with van der Waals surface area (Å²) < 4.78 is 5.51. The Morgan fingerprint density at radius 2 is 2.14 bits per heavy atom. The van der Waals surface area contributed by atoms with Gasteiger partial charge in [0.15, 0.2) is 5.82 Å². The first-order valence-electron chi connectivity index (χ1n) is 7.49. The first-order valence-corrected chi connectivity index (χ1v) is 8.48. The molecule has 5 heteroatoms. The summed E-state index contributed by atoms with van der Waals surface area (Å²) in [7, 11) is 0. The van der Waals surface area contributed by atoms with Crippen molar-refractivity contribution in [3.05, 3.63) is 41.5 Å². The SMILES string of the molecule is CCC1(c2nc(CSc3ccc(C)cc3)no2)CCCN1. The maximum absolute atomic E-state index is 5.51. The van der Waals surface area contributed by atoms with Crippen LogP contribution < -0.4 is 5.32 Å². The Hall–Kier alpha value is -1.33. The molecule has 112 valence electrons. The number of rotatable bonds is 5. The minimum absolute atomic E-state index is 0.0974. The van der Waals surface area contributed by atoms with Crippen LogP contribution in [0.15, 0.2) is 33.7 Å². The Bertz CT molecular complexity index is 588. The van der Waals surface area contributed by atoms with Crippen LogP contribution in [0.4, 0.5) is 0 Å². The van der Waals surface area contributed by atoms with E-state index in [1.165, 1.54) is 16.9 Å². The molecule has 0 aliphatic carbocycles. The third kappa shape index (κ3) is 3.14. The molecule has 1 N–H and O–H groups in total. The second kappa shape index (κ2) is 6.20. The third-order valence-corrected chi connectivity index (χ3v) is 5.12. The van der Waals surface area contributed by atoms with Crippen molar-refractivity contribution in [3.63, 3.8) is 0 Å². The summed E-state index contributed by atoms with van der Waals surface area (Å²) in [6, 6.07) is 8.51. The van der Waals surface area contributed by atoms with Crippen LogP contribution in [0, 0.1) is 6.92 Å². The minimum atomic E-state index is -0.0974. The van der Waals surface area contributed by atoms with E-state index >= 15 is 0 Å². The molecule has 0 radical (unpaired) electrons. The fraction of sp³-hybridized carbons (Fsp3) is 0.500. The van der Waals surface area contributed by atoms with Gasteiger partial charge in [0.2, 0.25) is 5.89 Å². The molecule has 1 saturated heterocycles. The molecule has 1 fully saturated rings. The smallest absolute Gasteiger partial charge is 0.246 e. The summed E-state index contributed by atoms with van der Waals surface area (Å²) in [6.07, 6.45) is 3.24. The van der Waals surface area contributed by atoms with Crippen molar-refractivity contribution in [2.45, 2.75) is 49.3 Å². The van der Waals surface area contributed by atoms with Crippen LogP contribution in [0.1, 0.15) is 43.5 Å². The van der Waals surface area contributed by atoms with Crippen LogP contribution in [0.25, 0.3) is 0 Å². The molecule has 4 nitrogen and oxygen atoms in total. The van der Waals surface area contributed by atoms with E-state index < -0.39 is 0 Å². The lowest BCUT2D eigenvalue weighted by Gasteiger charge is -2.22. The van der Waals surface area contributed by atoms with Crippen molar-refractivity contribution >= 4 is 11.8 Å². The van der Waals surface area contributed by atoms with E-state index in [2.05, 4.69) is 53.6 Å². The van der Waals surface area contributed by atoms with Gasteiger partial charge >= 0.3 is 0 Å². The molecule has 1 unspecified atom stereocenters. The molecule has 1 aliphatic rings. The number of hydrogen-bond acceptors (Lipinski definition) is 5. The van der Waals surface area contributed by atoms with E-state index in [9.17, 15) is 0 Å².